The van der Waals surface area contributed by atoms with Crippen LogP contribution in [0.1, 0.15) is 42.1 Å². The number of nitrogens with one attached hydrogen (secondary N) is 1. The van der Waals surface area contributed by atoms with Crippen molar-refractivity contribution < 1.29 is 9.59 Å². The molecular formula is C19H27N3O2. The Hall–Kier alpha value is -1.88. The fourth-order valence-corrected chi connectivity index (χ4v) is 3.48. The molecule has 2 aliphatic rings. The van der Waals surface area contributed by atoms with Crippen molar-refractivity contribution in [3.63, 3.8) is 0 Å². The van der Waals surface area contributed by atoms with E-state index in [1.165, 1.54) is 5.56 Å². The molecule has 2 saturated heterocycles. The van der Waals surface area contributed by atoms with Gasteiger partial charge in [0.15, 0.2) is 0 Å². The van der Waals surface area contributed by atoms with Gasteiger partial charge in [0.05, 0.1) is 6.04 Å². The van der Waals surface area contributed by atoms with Crippen LogP contribution in [0.5, 0.6) is 0 Å². The van der Waals surface area contributed by atoms with Crippen molar-refractivity contribution in [2.75, 3.05) is 32.7 Å². The van der Waals surface area contributed by atoms with E-state index in [2.05, 4.69) is 12.2 Å². The summed E-state index contributed by atoms with van der Waals surface area (Å²) in [4.78, 5) is 28.9. The minimum Gasteiger partial charge on any atom is -0.338 e. The van der Waals surface area contributed by atoms with Gasteiger partial charge in [0.25, 0.3) is 5.91 Å². The van der Waals surface area contributed by atoms with Crippen molar-refractivity contribution in [3.05, 3.63) is 35.4 Å². The van der Waals surface area contributed by atoms with Crippen LogP contribution in [0.25, 0.3) is 0 Å². The Morgan fingerprint density at radius 2 is 1.71 bits per heavy atom. The summed E-state index contributed by atoms with van der Waals surface area (Å²) in [7, 11) is 0. The smallest absolute Gasteiger partial charge is 0.253 e. The summed E-state index contributed by atoms with van der Waals surface area (Å²) in [6, 6.07) is 7.82. The van der Waals surface area contributed by atoms with Gasteiger partial charge < -0.3 is 15.1 Å². The molecule has 1 aromatic carbocycles. The van der Waals surface area contributed by atoms with Gasteiger partial charge in [0.2, 0.25) is 5.91 Å². The maximum Gasteiger partial charge on any atom is 0.253 e. The molecule has 1 N–H and O–H groups in total. The third kappa shape index (κ3) is 3.78. The van der Waals surface area contributed by atoms with Crippen LogP contribution in [0, 0.1) is 0 Å². The van der Waals surface area contributed by atoms with Gasteiger partial charge in [0.1, 0.15) is 0 Å². The Morgan fingerprint density at radius 3 is 2.29 bits per heavy atom. The minimum atomic E-state index is -0.0254. The molecule has 2 heterocycles. The van der Waals surface area contributed by atoms with E-state index in [4.69, 9.17) is 0 Å². The maximum absolute atomic E-state index is 12.6. The Kier molecular flexibility index (Phi) is 5.51. The number of hydrogen-bond donors (Lipinski definition) is 1. The molecule has 5 nitrogen and oxygen atoms in total. The zero-order valence-electron chi connectivity index (χ0n) is 14.5. The minimum absolute atomic E-state index is 0.0254. The van der Waals surface area contributed by atoms with Crippen LogP contribution in [0.15, 0.2) is 24.3 Å². The number of hydrogen-bond acceptors (Lipinski definition) is 3. The van der Waals surface area contributed by atoms with E-state index >= 15 is 0 Å². The number of amides is 2. The molecule has 2 amide bonds. The van der Waals surface area contributed by atoms with Gasteiger partial charge in [-0.25, -0.2) is 0 Å². The second-order valence-corrected chi connectivity index (χ2v) is 6.67. The van der Waals surface area contributed by atoms with Gasteiger partial charge in [0, 0.05) is 31.7 Å². The lowest BCUT2D eigenvalue weighted by molar-refractivity contribution is -0.135. The molecule has 3 rings (SSSR count). The molecule has 24 heavy (non-hydrogen) atoms. The van der Waals surface area contributed by atoms with Gasteiger partial charge in [-0.2, -0.15) is 0 Å². The van der Waals surface area contributed by atoms with E-state index in [1.54, 1.807) is 0 Å². The quantitative estimate of drug-likeness (QED) is 0.918. The van der Waals surface area contributed by atoms with Crippen molar-refractivity contribution in [1.82, 2.24) is 15.1 Å². The molecule has 1 atom stereocenters. The second-order valence-electron chi connectivity index (χ2n) is 6.67. The van der Waals surface area contributed by atoms with Crippen molar-refractivity contribution >= 4 is 11.8 Å². The molecule has 2 aliphatic heterocycles. The molecular weight excluding hydrogens is 302 g/mol. The first kappa shape index (κ1) is 17.0. The van der Waals surface area contributed by atoms with Crippen LogP contribution in [0.2, 0.25) is 0 Å². The number of piperazine rings is 1. The highest BCUT2D eigenvalue weighted by atomic mass is 16.2. The van der Waals surface area contributed by atoms with E-state index < -0.39 is 0 Å². The molecule has 130 valence electrons. The zero-order chi connectivity index (χ0) is 16.9. The number of carbonyl (C=O) groups excluding carboxylic acids is 2. The van der Waals surface area contributed by atoms with Crippen molar-refractivity contribution in [1.29, 1.82) is 0 Å². The number of nitrogens with zero attached hydrogens (tertiary/aromatic N) is 2. The first-order chi connectivity index (χ1) is 11.7. The molecule has 2 fully saturated rings. The molecule has 0 aromatic heterocycles. The van der Waals surface area contributed by atoms with E-state index in [0.717, 1.165) is 37.8 Å². The van der Waals surface area contributed by atoms with Gasteiger partial charge in [-0.15, -0.1) is 0 Å². The molecule has 0 saturated carbocycles. The number of piperidine rings is 1. The molecule has 0 aliphatic carbocycles. The van der Waals surface area contributed by atoms with E-state index in [1.807, 2.05) is 34.1 Å². The lowest BCUT2D eigenvalue weighted by atomic mass is 10.0. The van der Waals surface area contributed by atoms with Crippen LogP contribution in [-0.2, 0) is 11.2 Å². The first-order valence-electron chi connectivity index (χ1n) is 9.09. The fraction of sp³-hybridized carbons (Fsp3) is 0.579. The lowest BCUT2D eigenvalue weighted by Gasteiger charge is -2.37. The maximum atomic E-state index is 12.6. The van der Waals surface area contributed by atoms with Gasteiger partial charge >= 0.3 is 0 Å². The lowest BCUT2D eigenvalue weighted by Crippen LogP contribution is -2.55. The summed E-state index contributed by atoms with van der Waals surface area (Å²) in [5.74, 6) is 0.273. The number of carbonyl (C=O) groups is 2. The van der Waals surface area contributed by atoms with Crippen molar-refractivity contribution in [2.24, 2.45) is 0 Å². The summed E-state index contributed by atoms with van der Waals surface area (Å²) in [6.07, 6.45) is 4.19. The number of rotatable bonds is 3. The summed E-state index contributed by atoms with van der Waals surface area (Å²) in [5, 5.41) is 3.32. The molecule has 0 radical (unpaired) electrons. The average Bonchev–Trinajstić information content (AvgIpc) is 2.68. The largest absolute Gasteiger partial charge is 0.338 e. The van der Waals surface area contributed by atoms with E-state index in [-0.39, 0.29) is 17.9 Å². The van der Waals surface area contributed by atoms with Gasteiger partial charge in [-0.1, -0.05) is 25.5 Å². The van der Waals surface area contributed by atoms with Crippen LogP contribution in [0.3, 0.4) is 0 Å². The van der Waals surface area contributed by atoms with Gasteiger partial charge in [-0.3, -0.25) is 9.59 Å². The fourth-order valence-electron chi connectivity index (χ4n) is 3.48. The SMILES string of the molecule is CCc1ccc(C(=O)N2CCN(C(=O)C3CCCCN3)CC2)cc1. The molecule has 0 spiro atoms. The van der Waals surface area contributed by atoms with Crippen molar-refractivity contribution in [3.8, 4) is 0 Å². The van der Waals surface area contributed by atoms with Crippen LogP contribution in [0.4, 0.5) is 0 Å². The Balaban J connectivity index is 1.54. The standard InChI is InChI=1S/C19H27N3O2/c1-2-15-6-8-16(9-7-15)18(23)21-11-13-22(14-12-21)19(24)17-5-3-4-10-20-17/h6-9,17,20H,2-5,10-14H2,1H3. The van der Waals surface area contributed by atoms with Crippen LogP contribution < -0.4 is 5.32 Å². The predicted molar refractivity (Wildman–Crippen MR) is 93.9 cm³/mol. The summed E-state index contributed by atoms with van der Waals surface area (Å²) >= 11 is 0. The summed E-state index contributed by atoms with van der Waals surface area (Å²) in [5.41, 5.74) is 1.97. The second kappa shape index (κ2) is 7.79. The highest BCUT2D eigenvalue weighted by molar-refractivity contribution is 5.94. The third-order valence-corrected chi connectivity index (χ3v) is 5.10. The molecule has 1 unspecified atom stereocenters. The van der Waals surface area contributed by atoms with Crippen molar-refractivity contribution in [2.45, 2.75) is 38.6 Å². The highest BCUT2D eigenvalue weighted by Crippen LogP contribution is 2.14. The summed E-state index contributed by atoms with van der Waals surface area (Å²) in [6.45, 7) is 5.54. The van der Waals surface area contributed by atoms with Gasteiger partial charge in [-0.05, 0) is 43.5 Å². The summed E-state index contributed by atoms with van der Waals surface area (Å²) < 4.78 is 0. The Bertz CT molecular complexity index is 571. The first-order valence-corrected chi connectivity index (χ1v) is 9.09. The normalized spacial score (nSPS) is 21.6. The molecule has 0 bridgehead atoms. The Morgan fingerprint density at radius 1 is 1.04 bits per heavy atom. The van der Waals surface area contributed by atoms with E-state index in [0.29, 0.717) is 26.2 Å². The van der Waals surface area contributed by atoms with Crippen LogP contribution in [-0.4, -0.2) is 60.4 Å². The number of aryl methyl sites for hydroxylation is 1. The van der Waals surface area contributed by atoms with E-state index in [9.17, 15) is 9.59 Å². The predicted octanol–water partition coefficient (Wildman–Crippen LogP) is 1.68. The van der Waals surface area contributed by atoms with Crippen LogP contribution >= 0.6 is 0 Å². The number of benzene rings is 1. The zero-order valence-corrected chi connectivity index (χ0v) is 14.5. The highest BCUT2D eigenvalue weighted by Gasteiger charge is 2.29. The topological polar surface area (TPSA) is 52.7 Å². The third-order valence-electron chi connectivity index (χ3n) is 5.10. The average molecular weight is 329 g/mol. The monoisotopic (exact) mass is 329 g/mol. The molecule has 5 heteroatoms. The molecule has 1 aromatic rings. The Labute approximate surface area is 144 Å².